The molecule has 0 aliphatic rings. The minimum Gasteiger partial charge on any atom is -0.309 e. The van der Waals surface area contributed by atoms with E-state index in [4.69, 9.17) is 0 Å². The minimum absolute atomic E-state index is 0.176. The first-order valence-corrected chi connectivity index (χ1v) is 7.10. The highest BCUT2D eigenvalue weighted by molar-refractivity contribution is 5.82. The van der Waals surface area contributed by atoms with Crippen LogP contribution in [0.15, 0.2) is 6.20 Å². The maximum absolute atomic E-state index is 12.0. The SMILES string of the molecule is CCC(=O)[C@H](CC(C)C)n1cc(CNC(C)C)nn1. The number of hydrogen-bond acceptors (Lipinski definition) is 4. The zero-order chi connectivity index (χ0) is 14.4. The minimum atomic E-state index is -0.176. The molecule has 0 aliphatic carbocycles. The van der Waals surface area contributed by atoms with Crippen molar-refractivity contribution in [2.45, 2.75) is 66.1 Å². The number of Topliss-reactive ketones (excluding diaryl/α,β-unsaturated/α-hetero) is 1. The van der Waals surface area contributed by atoms with Crippen LogP contribution in [0.5, 0.6) is 0 Å². The molecule has 1 rings (SSSR count). The third-order valence-corrected chi connectivity index (χ3v) is 2.98. The Morgan fingerprint density at radius 3 is 2.58 bits per heavy atom. The first-order chi connectivity index (χ1) is 8.93. The van der Waals surface area contributed by atoms with Gasteiger partial charge in [-0.05, 0) is 12.3 Å². The van der Waals surface area contributed by atoms with Crippen LogP contribution in [0.1, 0.15) is 59.2 Å². The van der Waals surface area contributed by atoms with Crippen LogP contribution in [0, 0.1) is 5.92 Å². The van der Waals surface area contributed by atoms with E-state index in [9.17, 15) is 4.79 Å². The lowest BCUT2D eigenvalue weighted by Gasteiger charge is -2.16. The molecule has 5 heteroatoms. The van der Waals surface area contributed by atoms with Gasteiger partial charge in [0.05, 0.1) is 11.9 Å². The van der Waals surface area contributed by atoms with Gasteiger partial charge in [-0.3, -0.25) is 4.79 Å². The van der Waals surface area contributed by atoms with Crippen LogP contribution >= 0.6 is 0 Å². The van der Waals surface area contributed by atoms with E-state index in [0.29, 0.717) is 24.9 Å². The van der Waals surface area contributed by atoms with Crippen molar-refractivity contribution in [1.82, 2.24) is 20.3 Å². The molecular weight excluding hydrogens is 240 g/mol. The standard InChI is InChI=1S/C14H26N4O/c1-6-14(19)13(7-10(2)3)18-9-12(16-17-18)8-15-11(4)5/h9-11,13,15H,6-8H2,1-5H3/t13-/m0/s1. The largest absolute Gasteiger partial charge is 0.309 e. The summed E-state index contributed by atoms with van der Waals surface area (Å²) < 4.78 is 1.73. The average Bonchev–Trinajstić information content (AvgIpc) is 2.80. The van der Waals surface area contributed by atoms with E-state index in [0.717, 1.165) is 12.1 Å². The lowest BCUT2D eigenvalue weighted by molar-refractivity contribution is -0.122. The molecule has 1 heterocycles. The Morgan fingerprint density at radius 1 is 1.37 bits per heavy atom. The van der Waals surface area contributed by atoms with E-state index in [1.165, 1.54) is 0 Å². The summed E-state index contributed by atoms with van der Waals surface area (Å²) in [5, 5.41) is 11.6. The van der Waals surface area contributed by atoms with Gasteiger partial charge in [0.15, 0.2) is 5.78 Å². The first-order valence-electron chi connectivity index (χ1n) is 7.10. The van der Waals surface area contributed by atoms with Gasteiger partial charge in [-0.15, -0.1) is 5.10 Å². The molecule has 0 bridgehead atoms. The number of aromatic nitrogens is 3. The fraction of sp³-hybridized carbons (Fsp3) is 0.786. The molecule has 0 saturated carbocycles. The fourth-order valence-corrected chi connectivity index (χ4v) is 1.92. The summed E-state index contributed by atoms with van der Waals surface area (Å²) in [6.45, 7) is 11.0. The first kappa shape index (κ1) is 15.8. The Kier molecular flexibility index (Phi) is 6.15. The van der Waals surface area contributed by atoms with E-state index in [2.05, 4.69) is 43.3 Å². The van der Waals surface area contributed by atoms with Crippen molar-refractivity contribution < 1.29 is 4.79 Å². The van der Waals surface area contributed by atoms with Crippen molar-refractivity contribution in [3.8, 4) is 0 Å². The van der Waals surface area contributed by atoms with Crippen LogP contribution in [-0.2, 0) is 11.3 Å². The summed E-state index contributed by atoms with van der Waals surface area (Å²) >= 11 is 0. The Hall–Kier alpha value is -1.23. The average molecular weight is 266 g/mol. The number of rotatable bonds is 8. The highest BCUT2D eigenvalue weighted by Gasteiger charge is 2.21. The van der Waals surface area contributed by atoms with Crippen molar-refractivity contribution in [2.24, 2.45) is 5.92 Å². The molecule has 0 spiro atoms. The number of nitrogens with zero attached hydrogens (tertiary/aromatic N) is 3. The third kappa shape index (κ3) is 5.11. The molecule has 0 unspecified atom stereocenters. The van der Waals surface area contributed by atoms with Crippen molar-refractivity contribution in [2.75, 3.05) is 0 Å². The molecule has 5 nitrogen and oxygen atoms in total. The molecule has 19 heavy (non-hydrogen) atoms. The molecule has 108 valence electrons. The number of hydrogen-bond donors (Lipinski definition) is 1. The second-order valence-electron chi connectivity index (χ2n) is 5.69. The Balaban J connectivity index is 2.76. The lowest BCUT2D eigenvalue weighted by Crippen LogP contribution is -2.22. The quantitative estimate of drug-likeness (QED) is 0.784. The van der Waals surface area contributed by atoms with Crippen LogP contribution in [-0.4, -0.2) is 26.8 Å². The Labute approximate surface area is 115 Å². The highest BCUT2D eigenvalue weighted by atomic mass is 16.1. The van der Waals surface area contributed by atoms with E-state index in [1.54, 1.807) is 4.68 Å². The van der Waals surface area contributed by atoms with E-state index < -0.39 is 0 Å². The maximum Gasteiger partial charge on any atom is 0.157 e. The highest BCUT2D eigenvalue weighted by Crippen LogP contribution is 2.19. The van der Waals surface area contributed by atoms with Gasteiger partial charge in [-0.25, -0.2) is 4.68 Å². The fourth-order valence-electron chi connectivity index (χ4n) is 1.92. The predicted molar refractivity (Wildman–Crippen MR) is 75.8 cm³/mol. The predicted octanol–water partition coefficient (Wildman–Crippen LogP) is 2.34. The number of carbonyl (C=O) groups is 1. The smallest absolute Gasteiger partial charge is 0.157 e. The van der Waals surface area contributed by atoms with Gasteiger partial charge in [0, 0.05) is 19.0 Å². The van der Waals surface area contributed by atoms with E-state index >= 15 is 0 Å². The van der Waals surface area contributed by atoms with Crippen LogP contribution in [0.3, 0.4) is 0 Å². The summed E-state index contributed by atoms with van der Waals surface area (Å²) in [5.74, 6) is 0.684. The molecule has 0 aliphatic heterocycles. The van der Waals surface area contributed by atoms with E-state index in [1.807, 2.05) is 13.1 Å². The third-order valence-electron chi connectivity index (χ3n) is 2.98. The molecule has 0 radical (unpaired) electrons. The summed E-state index contributed by atoms with van der Waals surface area (Å²) in [5.41, 5.74) is 0.881. The second kappa shape index (κ2) is 7.38. The molecule has 0 amide bonds. The van der Waals surface area contributed by atoms with Crippen LogP contribution in [0.4, 0.5) is 0 Å². The Bertz CT molecular complexity index is 398. The molecule has 1 N–H and O–H groups in total. The lowest BCUT2D eigenvalue weighted by atomic mass is 9.99. The van der Waals surface area contributed by atoms with Crippen molar-refractivity contribution >= 4 is 5.78 Å². The van der Waals surface area contributed by atoms with Gasteiger partial charge in [0.2, 0.25) is 0 Å². The molecule has 0 fully saturated rings. The van der Waals surface area contributed by atoms with Crippen LogP contribution in [0.2, 0.25) is 0 Å². The topological polar surface area (TPSA) is 59.8 Å². The van der Waals surface area contributed by atoms with Gasteiger partial charge in [-0.1, -0.05) is 39.8 Å². The van der Waals surface area contributed by atoms with Crippen molar-refractivity contribution in [1.29, 1.82) is 0 Å². The molecule has 1 atom stereocenters. The summed E-state index contributed by atoms with van der Waals surface area (Å²) in [4.78, 5) is 12.0. The second-order valence-corrected chi connectivity index (χ2v) is 5.69. The van der Waals surface area contributed by atoms with Gasteiger partial charge in [0.25, 0.3) is 0 Å². The summed E-state index contributed by atoms with van der Waals surface area (Å²) in [6.07, 6.45) is 3.24. The summed E-state index contributed by atoms with van der Waals surface area (Å²) in [7, 11) is 0. The zero-order valence-electron chi connectivity index (χ0n) is 12.7. The van der Waals surface area contributed by atoms with Gasteiger partial charge in [0.1, 0.15) is 6.04 Å². The van der Waals surface area contributed by atoms with E-state index in [-0.39, 0.29) is 11.8 Å². The number of ketones is 1. The zero-order valence-corrected chi connectivity index (χ0v) is 12.7. The normalized spacial score (nSPS) is 13.2. The van der Waals surface area contributed by atoms with Crippen LogP contribution in [0.25, 0.3) is 0 Å². The van der Waals surface area contributed by atoms with Gasteiger partial charge < -0.3 is 5.32 Å². The van der Waals surface area contributed by atoms with Crippen LogP contribution < -0.4 is 5.32 Å². The molecule has 0 saturated heterocycles. The van der Waals surface area contributed by atoms with Gasteiger partial charge >= 0.3 is 0 Å². The number of nitrogens with one attached hydrogen (secondary N) is 1. The van der Waals surface area contributed by atoms with Crippen molar-refractivity contribution in [3.63, 3.8) is 0 Å². The van der Waals surface area contributed by atoms with Crippen molar-refractivity contribution in [3.05, 3.63) is 11.9 Å². The maximum atomic E-state index is 12.0. The monoisotopic (exact) mass is 266 g/mol. The summed E-state index contributed by atoms with van der Waals surface area (Å²) in [6, 6.07) is 0.235. The molecule has 0 aromatic carbocycles. The Morgan fingerprint density at radius 2 is 2.05 bits per heavy atom. The number of carbonyl (C=O) groups excluding carboxylic acids is 1. The molecule has 1 aromatic rings. The van der Waals surface area contributed by atoms with Gasteiger partial charge in [-0.2, -0.15) is 0 Å². The molecule has 1 aromatic heterocycles. The molecular formula is C14H26N4O.